The van der Waals surface area contributed by atoms with E-state index < -0.39 is 0 Å². The van der Waals surface area contributed by atoms with Crippen LogP contribution in [0, 0.1) is 0 Å². The van der Waals surface area contributed by atoms with E-state index in [4.69, 9.17) is 0 Å². The highest BCUT2D eigenvalue weighted by Crippen LogP contribution is 2.28. The Balaban J connectivity index is 1.54. The third kappa shape index (κ3) is 2.69. The maximum absolute atomic E-state index is 13.1. The Morgan fingerprint density at radius 3 is 2.96 bits per heavy atom. The minimum atomic E-state index is -0.140. The van der Waals surface area contributed by atoms with E-state index in [1.54, 1.807) is 6.33 Å². The number of benzene rings is 1. The van der Waals surface area contributed by atoms with Crippen molar-refractivity contribution in [3.8, 4) is 0 Å². The van der Waals surface area contributed by atoms with Crippen LogP contribution < -0.4 is 4.90 Å². The maximum atomic E-state index is 13.1. The lowest BCUT2D eigenvalue weighted by atomic mass is 10.00. The van der Waals surface area contributed by atoms with Crippen molar-refractivity contribution in [1.29, 1.82) is 0 Å². The van der Waals surface area contributed by atoms with Crippen molar-refractivity contribution in [2.75, 3.05) is 18.0 Å². The average Bonchev–Trinajstić information content (AvgIpc) is 2.66. The topological polar surface area (TPSA) is 49.3 Å². The number of fused-ring (bicyclic) bond motifs is 2. The Labute approximate surface area is 142 Å². The van der Waals surface area contributed by atoms with Crippen molar-refractivity contribution in [2.24, 2.45) is 0 Å². The fourth-order valence-corrected chi connectivity index (χ4v) is 3.75. The van der Waals surface area contributed by atoms with Crippen LogP contribution in [0.1, 0.15) is 30.2 Å². The lowest BCUT2D eigenvalue weighted by Crippen LogP contribution is -2.50. The molecule has 0 fully saturated rings. The molecule has 1 aromatic carbocycles. The number of hydrogen-bond acceptors (Lipinski definition) is 4. The molecule has 0 spiro atoms. The van der Waals surface area contributed by atoms with Gasteiger partial charge in [0.05, 0.1) is 11.7 Å². The summed E-state index contributed by atoms with van der Waals surface area (Å²) in [5.41, 5.74) is 4.62. The lowest BCUT2D eigenvalue weighted by molar-refractivity contribution is -0.123. The first-order valence-electron chi connectivity index (χ1n) is 8.65. The molecule has 5 nitrogen and oxygen atoms in total. The number of carbonyl (C=O) groups excluding carboxylic acids is 1. The van der Waals surface area contributed by atoms with Gasteiger partial charge in [0, 0.05) is 31.5 Å². The van der Waals surface area contributed by atoms with E-state index in [0.29, 0.717) is 0 Å². The van der Waals surface area contributed by atoms with E-state index in [2.05, 4.69) is 33.1 Å². The fourth-order valence-electron chi connectivity index (χ4n) is 3.75. The van der Waals surface area contributed by atoms with Crippen LogP contribution in [0.2, 0.25) is 0 Å². The minimum Gasteiger partial charge on any atom is -0.311 e. The van der Waals surface area contributed by atoms with Crippen molar-refractivity contribution in [1.82, 2.24) is 14.9 Å². The Bertz CT molecular complexity index is 761. The van der Waals surface area contributed by atoms with Gasteiger partial charge >= 0.3 is 0 Å². The Kier molecular flexibility index (Phi) is 4.02. The molecule has 2 aliphatic heterocycles. The minimum absolute atomic E-state index is 0.140. The van der Waals surface area contributed by atoms with Crippen molar-refractivity contribution in [3.63, 3.8) is 0 Å². The smallest absolute Gasteiger partial charge is 0.244 e. The molecule has 0 N–H and O–H groups in total. The molecule has 1 atom stereocenters. The molecule has 1 amide bonds. The predicted molar refractivity (Wildman–Crippen MR) is 92.7 cm³/mol. The Hall–Kier alpha value is -2.27. The number of rotatable bonds is 2. The molecule has 3 heterocycles. The molecule has 0 saturated carbocycles. The number of nitrogens with zero attached hydrogens (tertiary/aromatic N) is 4. The Morgan fingerprint density at radius 1 is 1.17 bits per heavy atom. The maximum Gasteiger partial charge on any atom is 0.244 e. The van der Waals surface area contributed by atoms with E-state index >= 15 is 0 Å². The molecule has 1 aromatic heterocycles. The third-order valence-electron chi connectivity index (χ3n) is 5.18. The van der Waals surface area contributed by atoms with Crippen molar-refractivity contribution in [2.45, 2.75) is 38.8 Å². The summed E-state index contributed by atoms with van der Waals surface area (Å²) < 4.78 is 0. The van der Waals surface area contributed by atoms with Gasteiger partial charge in [-0.25, -0.2) is 9.97 Å². The standard InChI is InChI=1S/C19H22N4O/c1-14(22-10-8-16-11-20-13-21-17(16)12-22)19(24)23-9-4-6-15-5-2-3-7-18(15)23/h2-3,5,7,11,13-14H,4,6,8-10,12H2,1H3/t14-/m1/s1. The molecule has 24 heavy (non-hydrogen) atoms. The highest BCUT2D eigenvalue weighted by molar-refractivity contribution is 5.98. The molecular weight excluding hydrogens is 300 g/mol. The summed E-state index contributed by atoms with van der Waals surface area (Å²) in [6, 6.07) is 8.13. The van der Waals surface area contributed by atoms with E-state index in [1.165, 1.54) is 11.1 Å². The van der Waals surface area contributed by atoms with Gasteiger partial charge in [0.25, 0.3) is 0 Å². The molecular formula is C19H22N4O. The van der Waals surface area contributed by atoms with Crippen LogP contribution in [0.3, 0.4) is 0 Å². The van der Waals surface area contributed by atoms with Gasteiger partial charge in [-0.05, 0) is 43.4 Å². The highest BCUT2D eigenvalue weighted by Gasteiger charge is 2.31. The number of carbonyl (C=O) groups is 1. The molecule has 0 saturated heterocycles. The number of para-hydroxylation sites is 1. The second kappa shape index (κ2) is 6.32. The Morgan fingerprint density at radius 2 is 2.04 bits per heavy atom. The summed E-state index contributed by atoms with van der Waals surface area (Å²) in [7, 11) is 0. The molecule has 4 rings (SSSR count). The van der Waals surface area contributed by atoms with Gasteiger partial charge in [-0.3, -0.25) is 9.69 Å². The number of aryl methyl sites for hydroxylation is 1. The summed E-state index contributed by atoms with van der Waals surface area (Å²) in [4.78, 5) is 25.8. The molecule has 0 radical (unpaired) electrons. The van der Waals surface area contributed by atoms with Crippen LogP contribution in [0.25, 0.3) is 0 Å². The van der Waals surface area contributed by atoms with Crippen molar-refractivity contribution in [3.05, 3.63) is 53.6 Å². The van der Waals surface area contributed by atoms with Crippen LogP contribution in [0.5, 0.6) is 0 Å². The first-order chi connectivity index (χ1) is 11.7. The predicted octanol–water partition coefficient (Wildman–Crippen LogP) is 2.20. The molecule has 5 heteroatoms. The fraction of sp³-hybridized carbons (Fsp3) is 0.421. The summed E-state index contributed by atoms with van der Waals surface area (Å²) in [5.74, 6) is 0.194. The highest BCUT2D eigenvalue weighted by atomic mass is 16.2. The largest absolute Gasteiger partial charge is 0.311 e. The number of hydrogen-bond donors (Lipinski definition) is 0. The van der Waals surface area contributed by atoms with Gasteiger partial charge < -0.3 is 4.90 Å². The molecule has 0 bridgehead atoms. The van der Waals surface area contributed by atoms with Gasteiger partial charge in [-0.1, -0.05) is 18.2 Å². The normalized spacial score (nSPS) is 18.6. The number of anilines is 1. The molecule has 0 unspecified atom stereocenters. The first-order valence-corrected chi connectivity index (χ1v) is 8.65. The van der Waals surface area contributed by atoms with Gasteiger partial charge in [-0.15, -0.1) is 0 Å². The van der Waals surface area contributed by atoms with Crippen LogP contribution in [-0.4, -0.2) is 39.9 Å². The summed E-state index contributed by atoms with van der Waals surface area (Å²) in [5, 5.41) is 0. The van der Waals surface area contributed by atoms with E-state index in [1.807, 2.05) is 24.1 Å². The van der Waals surface area contributed by atoms with Crippen LogP contribution in [0.15, 0.2) is 36.8 Å². The SMILES string of the molecule is C[C@H](C(=O)N1CCCc2ccccc21)N1CCc2cncnc2C1. The number of amides is 1. The first kappa shape index (κ1) is 15.3. The zero-order valence-electron chi connectivity index (χ0n) is 14.0. The van der Waals surface area contributed by atoms with Crippen molar-refractivity contribution >= 4 is 11.6 Å². The molecule has 124 valence electrons. The second-order valence-corrected chi connectivity index (χ2v) is 6.61. The average molecular weight is 322 g/mol. The van der Waals surface area contributed by atoms with Crippen molar-refractivity contribution < 1.29 is 4.79 Å². The lowest BCUT2D eigenvalue weighted by Gasteiger charge is -2.37. The van der Waals surface area contributed by atoms with E-state index in [0.717, 1.165) is 50.3 Å². The second-order valence-electron chi connectivity index (χ2n) is 6.61. The van der Waals surface area contributed by atoms with E-state index in [-0.39, 0.29) is 11.9 Å². The summed E-state index contributed by atoms with van der Waals surface area (Å²) >= 11 is 0. The van der Waals surface area contributed by atoms with Gasteiger partial charge in [0.15, 0.2) is 0 Å². The summed E-state index contributed by atoms with van der Waals surface area (Å²) in [6.45, 7) is 4.43. The third-order valence-corrected chi connectivity index (χ3v) is 5.18. The van der Waals surface area contributed by atoms with Gasteiger partial charge in [-0.2, -0.15) is 0 Å². The van der Waals surface area contributed by atoms with E-state index in [9.17, 15) is 4.79 Å². The molecule has 2 aliphatic rings. The van der Waals surface area contributed by atoms with Gasteiger partial charge in [0.1, 0.15) is 6.33 Å². The van der Waals surface area contributed by atoms with Crippen LogP contribution in [-0.2, 0) is 24.2 Å². The number of aromatic nitrogens is 2. The molecule has 0 aliphatic carbocycles. The zero-order chi connectivity index (χ0) is 16.5. The zero-order valence-corrected chi connectivity index (χ0v) is 14.0. The van der Waals surface area contributed by atoms with Gasteiger partial charge in [0.2, 0.25) is 5.91 Å². The monoisotopic (exact) mass is 322 g/mol. The quantitative estimate of drug-likeness (QED) is 0.850. The van der Waals surface area contributed by atoms with Crippen LogP contribution in [0.4, 0.5) is 5.69 Å². The van der Waals surface area contributed by atoms with Crippen LogP contribution >= 0.6 is 0 Å². The molecule has 2 aromatic rings. The summed E-state index contributed by atoms with van der Waals surface area (Å²) in [6.07, 6.45) is 6.49.